The van der Waals surface area contributed by atoms with E-state index in [0.717, 1.165) is 0 Å². The fourth-order valence-electron chi connectivity index (χ4n) is 2.27. The molecule has 0 spiro atoms. The molecule has 0 nitrogen and oxygen atoms in total. The summed E-state index contributed by atoms with van der Waals surface area (Å²) >= 11 is 0. The van der Waals surface area contributed by atoms with Crippen molar-refractivity contribution in [2.75, 3.05) is 0 Å². The van der Waals surface area contributed by atoms with Gasteiger partial charge in [-0.2, -0.15) is 13.5 Å². The van der Waals surface area contributed by atoms with Crippen molar-refractivity contribution in [2.45, 2.75) is 104 Å². The molecule has 0 aliphatic carbocycles. The maximum atomic E-state index is 2.29. The Morgan fingerprint density at radius 2 is 0.529 bits per heavy atom. The third-order valence-electron chi connectivity index (χ3n) is 3.46. The number of unbranched alkanes of at least 4 members (excludes halogenated alkanes) is 13. The molecule has 0 heterocycles. The van der Waals surface area contributed by atoms with Crippen LogP contribution in [0, 0.1) is 0 Å². The van der Waals surface area contributed by atoms with Crippen molar-refractivity contribution in [1.29, 1.82) is 0 Å². The van der Waals surface area contributed by atoms with E-state index in [1.807, 2.05) is 0 Å². The van der Waals surface area contributed by atoms with Gasteiger partial charge in [-0.25, -0.2) is 0 Å². The molecule has 0 unspecified atom stereocenters. The van der Waals surface area contributed by atoms with E-state index in [-0.39, 0.29) is 13.5 Å². The summed E-state index contributed by atoms with van der Waals surface area (Å²) in [6.45, 7) is 4.58. The van der Waals surface area contributed by atoms with Crippen molar-refractivity contribution in [3.05, 3.63) is 0 Å². The van der Waals surface area contributed by atoms with Crippen LogP contribution in [0.25, 0.3) is 0 Å². The zero-order valence-corrected chi connectivity index (χ0v) is 13.4. The van der Waals surface area contributed by atoms with Crippen molar-refractivity contribution < 1.29 is 0 Å². The zero-order valence-electron chi connectivity index (χ0n) is 12.4. The van der Waals surface area contributed by atoms with Crippen LogP contribution in [0.1, 0.15) is 104 Å². The summed E-state index contributed by atoms with van der Waals surface area (Å²) in [6, 6.07) is 0. The Bertz CT molecular complexity index is 98.1. The number of hydrogen-bond acceptors (Lipinski definition) is 0. The summed E-state index contributed by atoms with van der Waals surface area (Å²) < 4.78 is 0. The quantitative estimate of drug-likeness (QED) is 0.327. The highest BCUT2D eigenvalue weighted by Crippen LogP contribution is 2.12. The van der Waals surface area contributed by atoms with Gasteiger partial charge >= 0.3 is 0 Å². The first-order chi connectivity index (χ1) is 7.91. The largest absolute Gasteiger partial charge is 0.197 e. The van der Waals surface area contributed by atoms with Crippen LogP contribution in [0.4, 0.5) is 0 Å². The summed E-state index contributed by atoms with van der Waals surface area (Å²) in [5, 5.41) is 0. The standard InChI is InChI=1S/C16H34.H2S/c1-3-5-7-9-11-13-15-16-14-12-10-8-6-4-2;/h3-16H2,1-2H3;1H2. The fourth-order valence-corrected chi connectivity index (χ4v) is 2.27. The van der Waals surface area contributed by atoms with Gasteiger partial charge in [0.25, 0.3) is 0 Å². The molecule has 0 atom stereocenters. The van der Waals surface area contributed by atoms with Crippen molar-refractivity contribution in [2.24, 2.45) is 0 Å². The maximum Gasteiger partial charge on any atom is -0.0533 e. The average Bonchev–Trinajstić information content (AvgIpc) is 2.31. The van der Waals surface area contributed by atoms with Crippen LogP contribution in [0.5, 0.6) is 0 Å². The summed E-state index contributed by atoms with van der Waals surface area (Å²) in [5.74, 6) is 0. The van der Waals surface area contributed by atoms with E-state index in [4.69, 9.17) is 0 Å². The van der Waals surface area contributed by atoms with Crippen LogP contribution >= 0.6 is 13.5 Å². The topological polar surface area (TPSA) is 0 Å². The van der Waals surface area contributed by atoms with Crippen LogP contribution in [0.3, 0.4) is 0 Å². The fraction of sp³-hybridized carbons (Fsp3) is 1.00. The van der Waals surface area contributed by atoms with Gasteiger partial charge in [0.15, 0.2) is 0 Å². The van der Waals surface area contributed by atoms with Gasteiger partial charge in [-0.1, -0.05) is 104 Å². The van der Waals surface area contributed by atoms with E-state index in [1.165, 1.54) is 89.9 Å². The van der Waals surface area contributed by atoms with Crippen LogP contribution < -0.4 is 0 Å². The Labute approximate surface area is 117 Å². The SMILES string of the molecule is CCCCCCCCCCCCCCCC.S. The summed E-state index contributed by atoms with van der Waals surface area (Å²) in [5.41, 5.74) is 0. The highest BCUT2D eigenvalue weighted by Gasteiger charge is 1.92. The molecule has 0 aromatic rings. The van der Waals surface area contributed by atoms with Crippen LogP contribution in [0.2, 0.25) is 0 Å². The predicted molar refractivity (Wildman–Crippen MR) is 86.4 cm³/mol. The van der Waals surface area contributed by atoms with Gasteiger partial charge < -0.3 is 0 Å². The predicted octanol–water partition coefficient (Wildman–Crippen LogP) is 6.60. The molecule has 0 fully saturated rings. The van der Waals surface area contributed by atoms with Crippen molar-refractivity contribution >= 4 is 13.5 Å². The molecule has 0 radical (unpaired) electrons. The van der Waals surface area contributed by atoms with E-state index in [9.17, 15) is 0 Å². The van der Waals surface area contributed by atoms with Crippen LogP contribution in [0.15, 0.2) is 0 Å². The van der Waals surface area contributed by atoms with Gasteiger partial charge in [0.05, 0.1) is 0 Å². The van der Waals surface area contributed by atoms with E-state index in [1.54, 1.807) is 0 Å². The normalized spacial score (nSPS) is 10.2. The molecule has 0 amide bonds. The highest BCUT2D eigenvalue weighted by molar-refractivity contribution is 7.59. The molecule has 0 saturated heterocycles. The molecule has 0 aromatic heterocycles. The Balaban J connectivity index is 0. The summed E-state index contributed by atoms with van der Waals surface area (Å²) in [4.78, 5) is 0. The van der Waals surface area contributed by atoms with E-state index in [0.29, 0.717) is 0 Å². The minimum atomic E-state index is 0. The maximum absolute atomic E-state index is 2.29. The second-order valence-corrected chi connectivity index (χ2v) is 5.24. The molecule has 0 rings (SSSR count). The summed E-state index contributed by atoms with van der Waals surface area (Å²) in [7, 11) is 0. The molecule has 1 heteroatoms. The molecular weight excluding hydrogens is 224 g/mol. The molecule has 0 aliphatic heterocycles. The summed E-state index contributed by atoms with van der Waals surface area (Å²) in [6.07, 6.45) is 20.4. The van der Waals surface area contributed by atoms with Gasteiger partial charge in [-0.3, -0.25) is 0 Å². The van der Waals surface area contributed by atoms with Gasteiger partial charge in [-0.05, 0) is 0 Å². The molecule has 17 heavy (non-hydrogen) atoms. The minimum absolute atomic E-state index is 0. The van der Waals surface area contributed by atoms with E-state index >= 15 is 0 Å². The van der Waals surface area contributed by atoms with Crippen LogP contribution in [-0.4, -0.2) is 0 Å². The molecule has 0 bridgehead atoms. The first-order valence-corrected chi connectivity index (χ1v) is 7.91. The molecule has 0 N–H and O–H groups in total. The molecule has 0 saturated carbocycles. The van der Waals surface area contributed by atoms with Crippen LogP contribution in [-0.2, 0) is 0 Å². The molecule has 106 valence electrons. The minimum Gasteiger partial charge on any atom is -0.197 e. The third-order valence-corrected chi connectivity index (χ3v) is 3.46. The average molecular weight is 261 g/mol. The lowest BCUT2D eigenvalue weighted by Crippen LogP contribution is -1.82. The van der Waals surface area contributed by atoms with Gasteiger partial charge in [-0.15, -0.1) is 0 Å². The second kappa shape index (κ2) is 18.7. The van der Waals surface area contributed by atoms with Gasteiger partial charge in [0.1, 0.15) is 0 Å². The highest BCUT2D eigenvalue weighted by atomic mass is 32.1. The van der Waals surface area contributed by atoms with Crippen molar-refractivity contribution in [3.8, 4) is 0 Å². The Morgan fingerprint density at radius 1 is 0.353 bits per heavy atom. The first-order valence-electron chi connectivity index (χ1n) is 7.91. The smallest absolute Gasteiger partial charge is 0.0533 e. The lowest BCUT2D eigenvalue weighted by atomic mass is 10.0. The molecule has 0 aromatic carbocycles. The Hall–Kier alpha value is 0.350. The number of hydrogen-bond donors (Lipinski definition) is 0. The lowest BCUT2D eigenvalue weighted by Gasteiger charge is -2.02. The number of rotatable bonds is 13. The molecular formula is C16H36S. The Kier molecular flexibility index (Phi) is 21.7. The lowest BCUT2D eigenvalue weighted by molar-refractivity contribution is 0.538. The first kappa shape index (κ1) is 19.7. The van der Waals surface area contributed by atoms with Crippen molar-refractivity contribution in [3.63, 3.8) is 0 Å². The monoisotopic (exact) mass is 260 g/mol. The second-order valence-electron chi connectivity index (χ2n) is 5.24. The van der Waals surface area contributed by atoms with Crippen molar-refractivity contribution in [1.82, 2.24) is 0 Å². The van der Waals surface area contributed by atoms with Gasteiger partial charge in [0, 0.05) is 0 Å². The zero-order chi connectivity index (χ0) is 11.9. The van der Waals surface area contributed by atoms with E-state index < -0.39 is 0 Å². The van der Waals surface area contributed by atoms with Gasteiger partial charge in [0.2, 0.25) is 0 Å². The third kappa shape index (κ3) is 18.9. The Morgan fingerprint density at radius 3 is 0.706 bits per heavy atom. The molecule has 0 aliphatic rings. The van der Waals surface area contributed by atoms with E-state index in [2.05, 4.69) is 13.8 Å².